The molecule has 0 bridgehead atoms. The van der Waals surface area contributed by atoms with Crippen molar-refractivity contribution in [2.75, 3.05) is 0 Å². The maximum atomic E-state index is 15.4. The zero-order chi connectivity index (χ0) is 25.4. The molecule has 5 heteroatoms. The Labute approximate surface area is 217 Å². The van der Waals surface area contributed by atoms with Gasteiger partial charge in [-0.2, -0.15) is 0 Å². The van der Waals surface area contributed by atoms with Crippen LogP contribution in [0.1, 0.15) is 67.7 Å². The Morgan fingerprint density at radius 3 is 1.89 bits per heavy atom. The highest BCUT2D eigenvalue weighted by atomic mass is 32.1. The van der Waals surface area contributed by atoms with Crippen LogP contribution in [0.3, 0.4) is 0 Å². The van der Waals surface area contributed by atoms with Crippen molar-refractivity contribution in [2.45, 2.75) is 90.5 Å². The summed E-state index contributed by atoms with van der Waals surface area (Å²) in [6.07, 6.45) is 4.80. The van der Waals surface area contributed by atoms with Crippen LogP contribution in [-0.2, 0) is 8.99 Å². The third-order valence-corrected chi connectivity index (χ3v) is 17.1. The molecule has 2 aromatic carbocycles. The van der Waals surface area contributed by atoms with Gasteiger partial charge in [0.1, 0.15) is 0 Å². The van der Waals surface area contributed by atoms with Gasteiger partial charge in [0, 0.05) is 31.6 Å². The number of aryl methyl sites for hydroxylation is 2. The molecule has 35 heavy (non-hydrogen) atoms. The van der Waals surface area contributed by atoms with Gasteiger partial charge in [0.15, 0.2) is 15.5 Å². The lowest BCUT2D eigenvalue weighted by Gasteiger charge is -2.43. The van der Waals surface area contributed by atoms with Crippen LogP contribution < -0.4 is 15.9 Å². The second-order valence-electron chi connectivity index (χ2n) is 11.6. The van der Waals surface area contributed by atoms with Gasteiger partial charge in [-0.15, -0.1) is 11.3 Å². The standard InChI is InChI=1S/C30H41O2PSSi/c1-22-28(26-20-14-15-21-27(26)32-35(6,7)30(3,4)5)29(23(2)34-22)33(31,24-16-10-8-11-17-24)25-18-12-9-13-19-25/h8-13,16-19,26-27H,14-15,20-21H2,1-7H3/t26-,27-/m0/s1. The van der Waals surface area contributed by atoms with E-state index in [0.29, 0.717) is 5.92 Å². The van der Waals surface area contributed by atoms with Gasteiger partial charge >= 0.3 is 0 Å². The van der Waals surface area contributed by atoms with E-state index >= 15 is 4.57 Å². The lowest BCUT2D eigenvalue weighted by molar-refractivity contribution is 0.115. The van der Waals surface area contributed by atoms with Gasteiger partial charge in [-0.1, -0.05) is 94.3 Å². The molecule has 0 spiro atoms. The second-order valence-corrected chi connectivity index (χ2v) is 20.4. The molecule has 1 saturated carbocycles. The zero-order valence-corrected chi connectivity index (χ0v) is 25.1. The van der Waals surface area contributed by atoms with Crippen molar-refractivity contribution in [1.29, 1.82) is 0 Å². The number of thiophene rings is 1. The molecule has 2 atom stereocenters. The van der Waals surface area contributed by atoms with Gasteiger partial charge in [-0.3, -0.25) is 0 Å². The SMILES string of the molecule is Cc1sc(C)c(P(=O)(c2ccccc2)c2ccccc2)c1[C@H]1CCCC[C@@H]1O[Si](C)(C)C(C)(C)C. The van der Waals surface area contributed by atoms with Crippen LogP contribution in [0.15, 0.2) is 60.7 Å². The fourth-order valence-corrected chi connectivity index (χ4v) is 11.5. The highest BCUT2D eigenvalue weighted by Crippen LogP contribution is 2.51. The zero-order valence-electron chi connectivity index (χ0n) is 22.4. The summed E-state index contributed by atoms with van der Waals surface area (Å²) in [4.78, 5) is 2.49. The summed E-state index contributed by atoms with van der Waals surface area (Å²) >= 11 is 1.81. The largest absolute Gasteiger partial charge is 0.413 e. The van der Waals surface area contributed by atoms with E-state index in [4.69, 9.17) is 4.43 Å². The average molecular weight is 525 g/mol. The van der Waals surface area contributed by atoms with E-state index in [-0.39, 0.29) is 11.1 Å². The van der Waals surface area contributed by atoms with E-state index < -0.39 is 15.5 Å². The summed E-state index contributed by atoms with van der Waals surface area (Å²) in [5, 5.41) is 3.09. The van der Waals surface area contributed by atoms with E-state index in [0.717, 1.165) is 28.8 Å². The van der Waals surface area contributed by atoms with Gasteiger partial charge in [-0.25, -0.2) is 0 Å². The Morgan fingerprint density at radius 2 is 1.37 bits per heavy atom. The minimum Gasteiger partial charge on any atom is -0.413 e. The predicted molar refractivity (Wildman–Crippen MR) is 156 cm³/mol. The maximum Gasteiger partial charge on any atom is 0.192 e. The first-order chi connectivity index (χ1) is 16.5. The lowest BCUT2D eigenvalue weighted by atomic mass is 9.82. The Kier molecular flexibility index (Phi) is 7.70. The molecule has 0 aliphatic heterocycles. The number of benzene rings is 2. The van der Waals surface area contributed by atoms with Gasteiger partial charge in [0.2, 0.25) is 0 Å². The van der Waals surface area contributed by atoms with Crippen molar-refractivity contribution < 1.29 is 8.99 Å². The molecular formula is C30H41O2PSSi. The summed E-state index contributed by atoms with van der Waals surface area (Å²) in [5.74, 6) is 0.290. The first kappa shape index (κ1) is 26.6. The summed E-state index contributed by atoms with van der Waals surface area (Å²) in [5.41, 5.74) is 1.31. The summed E-state index contributed by atoms with van der Waals surface area (Å²) in [7, 11) is -4.98. The highest BCUT2D eigenvalue weighted by molar-refractivity contribution is 7.85. The van der Waals surface area contributed by atoms with Crippen LogP contribution >= 0.6 is 18.5 Å². The van der Waals surface area contributed by atoms with Gasteiger partial charge in [-0.05, 0) is 50.4 Å². The van der Waals surface area contributed by atoms with E-state index in [1.807, 2.05) is 47.7 Å². The van der Waals surface area contributed by atoms with Crippen LogP contribution in [0.2, 0.25) is 18.1 Å². The fourth-order valence-electron chi connectivity index (χ4n) is 5.32. The number of hydrogen-bond acceptors (Lipinski definition) is 3. The van der Waals surface area contributed by atoms with Crippen LogP contribution in [0.25, 0.3) is 0 Å². The molecule has 1 aliphatic rings. The third kappa shape index (κ3) is 5.05. The molecule has 2 nitrogen and oxygen atoms in total. The van der Waals surface area contributed by atoms with Crippen molar-refractivity contribution in [1.82, 2.24) is 0 Å². The topological polar surface area (TPSA) is 26.3 Å². The molecule has 0 radical (unpaired) electrons. The molecule has 1 heterocycles. The molecule has 1 aliphatic carbocycles. The second kappa shape index (κ2) is 10.1. The first-order valence-electron chi connectivity index (χ1n) is 13.0. The van der Waals surface area contributed by atoms with Gasteiger partial charge in [0.05, 0.1) is 6.10 Å². The highest BCUT2D eigenvalue weighted by Gasteiger charge is 2.44. The Balaban J connectivity index is 1.90. The molecule has 188 valence electrons. The van der Waals surface area contributed by atoms with Crippen LogP contribution in [0.5, 0.6) is 0 Å². The molecule has 0 unspecified atom stereocenters. The van der Waals surface area contributed by atoms with Crippen LogP contribution in [0.4, 0.5) is 0 Å². The summed E-state index contributed by atoms with van der Waals surface area (Å²) in [6.45, 7) is 16.1. The van der Waals surface area contributed by atoms with Crippen LogP contribution in [-0.4, -0.2) is 14.4 Å². The van der Waals surface area contributed by atoms with Crippen molar-refractivity contribution >= 4 is 42.7 Å². The normalized spacial score (nSPS) is 19.6. The Hall–Kier alpha value is -1.45. The molecule has 1 fully saturated rings. The third-order valence-electron chi connectivity index (χ3n) is 8.15. The fraction of sp³-hybridized carbons (Fsp3) is 0.467. The average Bonchev–Trinajstić information content (AvgIpc) is 3.13. The molecule has 1 aromatic heterocycles. The van der Waals surface area contributed by atoms with E-state index in [9.17, 15) is 0 Å². The van der Waals surface area contributed by atoms with E-state index in [2.05, 4.69) is 72.0 Å². The molecular weight excluding hydrogens is 483 g/mol. The quantitative estimate of drug-likeness (QED) is 0.241. The molecule has 4 rings (SSSR count). The lowest BCUT2D eigenvalue weighted by Crippen LogP contribution is -2.46. The summed E-state index contributed by atoms with van der Waals surface area (Å²) < 4.78 is 22.5. The van der Waals surface area contributed by atoms with Crippen molar-refractivity contribution in [3.8, 4) is 0 Å². The van der Waals surface area contributed by atoms with Gasteiger partial charge < -0.3 is 8.99 Å². The van der Waals surface area contributed by atoms with Crippen molar-refractivity contribution in [3.05, 3.63) is 76.0 Å². The van der Waals surface area contributed by atoms with Crippen LogP contribution in [0, 0.1) is 13.8 Å². The minimum atomic E-state index is -3.04. The number of hydrogen-bond donors (Lipinski definition) is 0. The minimum absolute atomic E-state index is 0.167. The van der Waals surface area contributed by atoms with Crippen molar-refractivity contribution in [2.24, 2.45) is 0 Å². The molecule has 3 aromatic rings. The molecule has 0 saturated heterocycles. The maximum absolute atomic E-state index is 15.4. The van der Waals surface area contributed by atoms with E-state index in [1.165, 1.54) is 28.2 Å². The van der Waals surface area contributed by atoms with Gasteiger partial charge in [0.25, 0.3) is 0 Å². The van der Waals surface area contributed by atoms with E-state index in [1.54, 1.807) is 0 Å². The smallest absolute Gasteiger partial charge is 0.192 e. The number of rotatable bonds is 6. The Bertz CT molecular complexity index is 1150. The summed E-state index contributed by atoms with van der Waals surface area (Å²) in [6, 6.07) is 20.3. The van der Waals surface area contributed by atoms with Crippen molar-refractivity contribution in [3.63, 3.8) is 0 Å². The monoisotopic (exact) mass is 524 g/mol. The molecule has 0 N–H and O–H groups in total. The predicted octanol–water partition coefficient (Wildman–Crippen LogP) is 8.05. The molecule has 0 amide bonds. The first-order valence-corrected chi connectivity index (χ1v) is 18.4. The Morgan fingerprint density at radius 1 is 0.857 bits per heavy atom.